The summed E-state index contributed by atoms with van der Waals surface area (Å²) in [6.45, 7) is 4.38. The molecule has 1 aromatic rings. The summed E-state index contributed by atoms with van der Waals surface area (Å²) in [6.07, 6.45) is 2.34. The topological polar surface area (TPSA) is 44.5 Å². The van der Waals surface area contributed by atoms with Crippen molar-refractivity contribution in [2.24, 2.45) is 0 Å². The Labute approximate surface area is 107 Å². The first-order chi connectivity index (χ1) is 8.29. The van der Waals surface area contributed by atoms with Crippen molar-refractivity contribution in [3.05, 3.63) is 18.2 Å². The Morgan fingerprint density at radius 2 is 2.41 bits per heavy atom. The summed E-state index contributed by atoms with van der Waals surface area (Å²) < 4.78 is 11.0. The van der Waals surface area contributed by atoms with Crippen LogP contribution in [0.2, 0.25) is 0 Å². The third kappa shape index (κ3) is 3.54. The van der Waals surface area contributed by atoms with Crippen molar-refractivity contribution in [3.8, 4) is 5.75 Å². The molecule has 1 atom stereocenters. The van der Waals surface area contributed by atoms with Crippen LogP contribution in [0, 0.1) is 0 Å². The van der Waals surface area contributed by atoms with E-state index in [1.54, 1.807) is 11.8 Å². The highest BCUT2D eigenvalue weighted by molar-refractivity contribution is 8.00. The molecule has 0 aromatic heterocycles. The number of nitrogen functional groups attached to an aromatic ring is 1. The molecule has 2 rings (SSSR count). The Bertz CT molecular complexity index is 364. The zero-order chi connectivity index (χ0) is 12.1. The molecule has 0 amide bonds. The minimum atomic E-state index is 0.517. The van der Waals surface area contributed by atoms with Gasteiger partial charge in [-0.3, -0.25) is 0 Å². The number of nitrogens with two attached hydrogens (primary N) is 1. The Balaban J connectivity index is 2.04. The van der Waals surface area contributed by atoms with Crippen molar-refractivity contribution >= 4 is 17.4 Å². The smallest absolute Gasteiger partial charge is 0.120 e. The SMILES string of the molecule is CCOc1ccc(N)c(SC2CCCOC2)c1. The zero-order valence-corrected chi connectivity index (χ0v) is 11.0. The Hall–Kier alpha value is -0.870. The van der Waals surface area contributed by atoms with Gasteiger partial charge in [-0.15, -0.1) is 11.8 Å². The van der Waals surface area contributed by atoms with Crippen LogP contribution in [0.5, 0.6) is 5.75 Å². The van der Waals surface area contributed by atoms with Crippen LogP contribution in [-0.4, -0.2) is 25.1 Å². The maximum absolute atomic E-state index is 5.99. The first-order valence-electron chi connectivity index (χ1n) is 6.06. The molecule has 0 saturated carbocycles. The van der Waals surface area contributed by atoms with Gasteiger partial charge in [0.15, 0.2) is 0 Å². The molecule has 17 heavy (non-hydrogen) atoms. The molecule has 0 spiro atoms. The molecule has 1 aliphatic rings. The van der Waals surface area contributed by atoms with Crippen LogP contribution in [0.25, 0.3) is 0 Å². The highest BCUT2D eigenvalue weighted by atomic mass is 32.2. The fourth-order valence-corrected chi connectivity index (χ4v) is 3.05. The van der Waals surface area contributed by atoms with Crippen LogP contribution in [0.15, 0.2) is 23.1 Å². The fourth-order valence-electron chi connectivity index (χ4n) is 1.86. The molecule has 4 heteroatoms. The van der Waals surface area contributed by atoms with Gasteiger partial charge in [0.1, 0.15) is 5.75 Å². The maximum Gasteiger partial charge on any atom is 0.120 e. The van der Waals surface area contributed by atoms with Gasteiger partial charge >= 0.3 is 0 Å². The largest absolute Gasteiger partial charge is 0.494 e. The summed E-state index contributed by atoms with van der Waals surface area (Å²) in [4.78, 5) is 1.10. The van der Waals surface area contributed by atoms with E-state index in [-0.39, 0.29) is 0 Å². The molecule has 2 N–H and O–H groups in total. The van der Waals surface area contributed by atoms with E-state index < -0.39 is 0 Å². The van der Waals surface area contributed by atoms with E-state index in [1.165, 1.54) is 6.42 Å². The van der Waals surface area contributed by atoms with Crippen molar-refractivity contribution in [1.82, 2.24) is 0 Å². The van der Waals surface area contributed by atoms with Gasteiger partial charge in [0.2, 0.25) is 0 Å². The monoisotopic (exact) mass is 253 g/mol. The number of anilines is 1. The number of rotatable bonds is 4. The number of hydrogen-bond donors (Lipinski definition) is 1. The van der Waals surface area contributed by atoms with Gasteiger partial charge < -0.3 is 15.2 Å². The van der Waals surface area contributed by atoms with Crippen molar-refractivity contribution in [3.63, 3.8) is 0 Å². The molecular formula is C13H19NO2S. The van der Waals surface area contributed by atoms with Gasteiger partial charge in [-0.2, -0.15) is 0 Å². The van der Waals surface area contributed by atoms with Crippen LogP contribution in [0.1, 0.15) is 19.8 Å². The summed E-state index contributed by atoms with van der Waals surface area (Å²) in [5.74, 6) is 0.890. The first kappa shape index (κ1) is 12.6. The normalized spacial score (nSPS) is 20.2. The summed E-state index contributed by atoms with van der Waals surface area (Å²) in [6, 6.07) is 5.86. The maximum atomic E-state index is 5.99. The second kappa shape index (κ2) is 6.17. The van der Waals surface area contributed by atoms with E-state index in [0.717, 1.165) is 36.0 Å². The van der Waals surface area contributed by atoms with Crippen LogP contribution in [0.3, 0.4) is 0 Å². The zero-order valence-electron chi connectivity index (χ0n) is 10.1. The lowest BCUT2D eigenvalue weighted by molar-refractivity contribution is 0.101. The number of thioether (sulfide) groups is 1. The third-order valence-corrected chi connectivity index (χ3v) is 4.02. The van der Waals surface area contributed by atoms with E-state index in [9.17, 15) is 0 Å². The number of hydrogen-bond acceptors (Lipinski definition) is 4. The van der Waals surface area contributed by atoms with Crippen LogP contribution in [-0.2, 0) is 4.74 Å². The Kier molecular flexibility index (Phi) is 4.57. The number of ether oxygens (including phenoxy) is 2. The average Bonchev–Trinajstić information content (AvgIpc) is 2.35. The minimum absolute atomic E-state index is 0.517. The summed E-state index contributed by atoms with van der Waals surface area (Å²) >= 11 is 1.80. The third-order valence-electron chi connectivity index (χ3n) is 2.71. The predicted molar refractivity (Wildman–Crippen MR) is 71.7 cm³/mol. The molecule has 0 aliphatic carbocycles. The molecule has 1 aromatic carbocycles. The molecule has 1 unspecified atom stereocenters. The highest BCUT2D eigenvalue weighted by Crippen LogP contribution is 2.34. The van der Waals surface area contributed by atoms with E-state index >= 15 is 0 Å². The molecule has 1 aliphatic heterocycles. The van der Waals surface area contributed by atoms with Crippen molar-refractivity contribution < 1.29 is 9.47 Å². The van der Waals surface area contributed by atoms with Gasteiger partial charge in [-0.05, 0) is 38.0 Å². The second-order valence-corrected chi connectivity index (χ2v) is 5.43. The first-order valence-corrected chi connectivity index (χ1v) is 6.94. The van der Waals surface area contributed by atoms with Crippen molar-refractivity contribution in [2.45, 2.75) is 29.9 Å². The molecular weight excluding hydrogens is 234 g/mol. The van der Waals surface area contributed by atoms with Crippen molar-refractivity contribution in [1.29, 1.82) is 0 Å². The predicted octanol–water partition coefficient (Wildman–Crippen LogP) is 2.94. The Morgan fingerprint density at radius 3 is 3.12 bits per heavy atom. The molecule has 0 bridgehead atoms. The van der Waals surface area contributed by atoms with Gasteiger partial charge in [0, 0.05) is 22.4 Å². The van der Waals surface area contributed by atoms with E-state index in [0.29, 0.717) is 11.9 Å². The molecule has 1 saturated heterocycles. The summed E-state index contributed by atoms with van der Waals surface area (Å²) in [7, 11) is 0. The average molecular weight is 253 g/mol. The van der Waals surface area contributed by atoms with Gasteiger partial charge in [0.05, 0.1) is 13.2 Å². The van der Waals surface area contributed by atoms with Gasteiger partial charge in [-0.1, -0.05) is 0 Å². The summed E-state index contributed by atoms with van der Waals surface area (Å²) in [5.41, 5.74) is 6.81. The minimum Gasteiger partial charge on any atom is -0.494 e. The lowest BCUT2D eigenvalue weighted by atomic mass is 10.2. The summed E-state index contributed by atoms with van der Waals surface area (Å²) in [5, 5.41) is 0.517. The standard InChI is InChI=1S/C13H19NO2S/c1-2-16-10-5-6-12(14)13(8-10)17-11-4-3-7-15-9-11/h5-6,8,11H,2-4,7,9,14H2,1H3. The highest BCUT2D eigenvalue weighted by Gasteiger charge is 2.16. The lowest BCUT2D eigenvalue weighted by Gasteiger charge is -2.22. The van der Waals surface area contributed by atoms with Crippen LogP contribution >= 0.6 is 11.8 Å². The molecule has 1 fully saturated rings. The van der Waals surface area contributed by atoms with E-state index in [4.69, 9.17) is 15.2 Å². The van der Waals surface area contributed by atoms with E-state index in [2.05, 4.69) is 0 Å². The van der Waals surface area contributed by atoms with Gasteiger partial charge in [-0.25, -0.2) is 0 Å². The quantitative estimate of drug-likeness (QED) is 0.838. The van der Waals surface area contributed by atoms with E-state index in [1.807, 2.05) is 25.1 Å². The van der Waals surface area contributed by atoms with Crippen LogP contribution < -0.4 is 10.5 Å². The van der Waals surface area contributed by atoms with Gasteiger partial charge in [0.25, 0.3) is 0 Å². The van der Waals surface area contributed by atoms with Crippen molar-refractivity contribution in [2.75, 3.05) is 25.6 Å². The molecule has 94 valence electrons. The fraction of sp³-hybridized carbons (Fsp3) is 0.538. The molecule has 0 radical (unpaired) electrons. The van der Waals surface area contributed by atoms with Crippen LogP contribution in [0.4, 0.5) is 5.69 Å². The lowest BCUT2D eigenvalue weighted by Crippen LogP contribution is -2.19. The molecule has 3 nitrogen and oxygen atoms in total. The Morgan fingerprint density at radius 1 is 1.53 bits per heavy atom. The molecule has 1 heterocycles. The second-order valence-electron chi connectivity index (χ2n) is 4.09. The number of benzene rings is 1.